The van der Waals surface area contributed by atoms with E-state index in [2.05, 4.69) is 41.5 Å². The fourth-order valence-electron chi connectivity index (χ4n) is 6.60. The average Bonchev–Trinajstić information content (AvgIpc) is 3.73. The predicted octanol–water partition coefficient (Wildman–Crippen LogP) is 8.74. The number of hydrogen-bond acceptors (Lipinski definition) is 8. The van der Waals surface area contributed by atoms with Crippen LogP contribution in [0.1, 0.15) is 86.7 Å². The number of carbonyl (C=O) groups excluding carboxylic acids is 2. The minimum Gasteiger partial charge on any atom is -0.491 e. The summed E-state index contributed by atoms with van der Waals surface area (Å²) in [5.41, 5.74) is 5.95. The summed E-state index contributed by atoms with van der Waals surface area (Å²) in [7, 11) is 0. The molecule has 3 aromatic carbocycles. The van der Waals surface area contributed by atoms with E-state index in [-0.39, 0.29) is 36.3 Å². The maximum atomic E-state index is 14.2. The molecule has 2 aromatic heterocycles. The molecule has 1 aliphatic carbocycles. The van der Waals surface area contributed by atoms with Crippen LogP contribution in [0.2, 0.25) is 0 Å². The molecule has 0 saturated heterocycles. The van der Waals surface area contributed by atoms with Gasteiger partial charge in [0.15, 0.2) is 5.69 Å². The van der Waals surface area contributed by atoms with Gasteiger partial charge in [-0.25, -0.2) is 14.6 Å². The van der Waals surface area contributed by atoms with Crippen molar-refractivity contribution in [2.24, 2.45) is 5.92 Å². The first-order chi connectivity index (χ1) is 24.2. The summed E-state index contributed by atoms with van der Waals surface area (Å²) >= 11 is 1.33. The number of benzene rings is 3. The first-order valence-corrected chi connectivity index (χ1v) is 18.2. The summed E-state index contributed by atoms with van der Waals surface area (Å²) in [6, 6.07) is 21.3. The van der Waals surface area contributed by atoms with Gasteiger partial charge in [0.25, 0.3) is 5.56 Å². The number of alkyl carbamates (subject to hydrolysis) is 1. The zero-order chi connectivity index (χ0) is 35.4. The molecule has 0 saturated carbocycles. The zero-order valence-corrected chi connectivity index (χ0v) is 30.0. The van der Waals surface area contributed by atoms with Crippen molar-refractivity contribution in [2.75, 3.05) is 19.8 Å². The van der Waals surface area contributed by atoms with Gasteiger partial charge in [0.1, 0.15) is 17.4 Å². The number of carbonyl (C=O) groups is 2. The lowest BCUT2D eigenvalue weighted by molar-refractivity contribution is 0.0520. The van der Waals surface area contributed by atoms with Gasteiger partial charge in [0, 0.05) is 28.8 Å². The fraction of sp³-hybridized carbons (Fsp3) is 0.350. The quantitative estimate of drug-likeness (QED) is 0.0971. The first-order valence-electron chi connectivity index (χ1n) is 17.3. The second kappa shape index (κ2) is 15.3. The number of nitrogens with one attached hydrogen (secondary N) is 1. The number of thiazole rings is 1. The largest absolute Gasteiger partial charge is 0.491 e. The molecule has 0 fully saturated rings. The summed E-state index contributed by atoms with van der Waals surface area (Å²) in [5.74, 6) is 0.116. The standard InChI is InChI=1S/C40H43N3O6S/c1-6-8-19-48-36-32-20-26(37-42-34(23-50-37)39(45)47-7-2)17-18-31(32)38(44)43(21-24(3)4)35(36)25(5)41-40(46)49-22-33-29-15-11-9-13-27(29)28-14-10-12-16-30(28)33/h9-18,20,23-25,33H,6-8,19,21-22H2,1-5H3,(H,41,46). The number of esters is 1. The molecule has 0 aliphatic heterocycles. The lowest BCUT2D eigenvalue weighted by atomic mass is 9.98. The molecule has 50 heavy (non-hydrogen) atoms. The number of hydrogen-bond donors (Lipinski definition) is 1. The summed E-state index contributed by atoms with van der Waals surface area (Å²) in [4.78, 5) is 44.5. The maximum Gasteiger partial charge on any atom is 0.407 e. The Labute approximate surface area is 296 Å². The van der Waals surface area contributed by atoms with Crippen molar-refractivity contribution in [3.63, 3.8) is 0 Å². The van der Waals surface area contributed by atoms with Crippen molar-refractivity contribution in [3.05, 3.63) is 105 Å². The van der Waals surface area contributed by atoms with Gasteiger partial charge >= 0.3 is 12.1 Å². The molecule has 0 spiro atoms. The average molecular weight is 694 g/mol. The second-order valence-electron chi connectivity index (χ2n) is 12.9. The molecule has 1 aliphatic rings. The van der Waals surface area contributed by atoms with Crippen LogP contribution in [0.3, 0.4) is 0 Å². The Bertz CT molecular complexity index is 2040. The monoisotopic (exact) mass is 693 g/mol. The van der Waals surface area contributed by atoms with Gasteiger partial charge in [0.05, 0.1) is 30.3 Å². The molecule has 5 aromatic rings. The van der Waals surface area contributed by atoms with Gasteiger partial charge < -0.3 is 24.1 Å². The van der Waals surface area contributed by atoms with Crippen molar-refractivity contribution < 1.29 is 23.8 Å². The number of amides is 1. The molecule has 1 N–H and O–H groups in total. The van der Waals surface area contributed by atoms with E-state index < -0.39 is 18.1 Å². The zero-order valence-electron chi connectivity index (χ0n) is 29.2. The number of unbranched alkanes of at least 4 members (excludes halogenated alkanes) is 1. The van der Waals surface area contributed by atoms with Crippen molar-refractivity contribution in [1.29, 1.82) is 0 Å². The van der Waals surface area contributed by atoms with Crippen molar-refractivity contribution >= 4 is 34.2 Å². The third-order valence-electron chi connectivity index (χ3n) is 8.88. The van der Waals surface area contributed by atoms with Crippen LogP contribution < -0.4 is 15.6 Å². The topological polar surface area (TPSA) is 109 Å². The Morgan fingerprint density at radius 2 is 1.64 bits per heavy atom. The van der Waals surface area contributed by atoms with Crippen LogP contribution in [0.25, 0.3) is 32.5 Å². The molecule has 6 rings (SSSR count). The SMILES string of the molecule is CCCCOc1c(C(C)NC(=O)OCC2c3ccccc3-c3ccccc32)n(CC(C)C)c(=O)c2ccc(-c3nc(C(=O)OCC)cs3)cc12. The highest BCUT2D eigenvalue weighted by Gasteiger charge is 2.30. The molecule has 1 unspecified atom stereocenters. The lowest BCUT2D eigenvalue weighted by Gasteiger charge is -2.26. The Morgan fingerprint density at radius 1 is 0.940 bits per heavy atom. The van der Waals surface area contributed by atoms with Crippen molar-refractivity contribution in [1.82, 2.24) is 14.9 Å². The number of pyridine rings is 1. The minimum absolute atomic E-state index is 0.0789. The van der Waals surface area contributed by atoms with Crippen LogP contribution in [0.4, 0.5) is 4.79 Å². The number of nitrogens with zero attached hydrogens (tertiary/aromatic N) is 2. The summed E-state index contributed by atoms with van der Waals surface area (Å²) in [5, 5.41) is 6.42. The first kappa shape index (κ1) is 34.9. The predicted molar refractivity (Wildman–Crippen MR) is 197 cm³/mol. The molecule has 0 radical (unpaired) electrons. The van der Waals surface area contributed by atoms with Gasteiger partial charge in [0.2, 0.25) is 0 Å². The number of rotatable bonds is 13. The molecule has 2 heterocycles. The van der Waals surface area contributed by atoms with Crippen LogP contribution in [0.5, 0.6) is 5.75 Å². The third kappa shape index (κ3) is 7.03. The van der Waals surface area contributed by atoms with E-state index in [0.29, 0.717) is 40.4 Å². The van der Waals surface area contributed by atoms with Gasteiger partial charge in [-0.05, 0) is 60.6 Å². The molecule has 1 amide bonds. The molecule has 9 nitrogen and oxygen atoms in total. The third-order valence-corrected chi connectivity index (χ3v) is 9.77. The Morgan fingerprint density at radius 3 is 2.30 bits per heavy atom. The summed E-state index contributed by atoms with van der Waals surface area (Å²) in [6.07, 6.45) is 1.16. The van der Waals surface area contributed by atoms with E-state index in [1.807, 2.05) is 57.2 Å². The van der Waals surface area contributed by atoms with Crippen LogP contribution in [-0.4, -0.2) is 41.4 Å². The molecular formula is C40H43N3O6S. The lowest BCUT2D eigenvalue weighted by Crippen LogP contribution is -2.35. The Hall–Kier alpha value is -4.96. The van der Waals surface area contributed by atoms with E-state index >= 15 is 0 Å². The maximum absolute atomic E-state index is 14.2. The molecular weight excluding hydrogens is 651 g/mol. The molecule has 10 heteroatoms. The van der Waals surface area contributed by atoms with Gasteiger partial charge in [-0.1, -0.05) is 81.8 Å². The fourth-order valence-corrected chi connectivity index (χ4v) is 7.39. The van der Waals surface area contributed by atoms with E-state index in [0.717, 1.165) is 40.7 Å². The molecule has 1 atom stereocenters. The van der Waals surface area contributed by atoms with Gasteiger partial charge in [-0.3, -0.25) is 4.79 Å². The highest BCUT2D eigenvalue weighted by atomic mass is 32.1. The van der Waals surface area contributed by atoms with Crippen LogP contribution in [0, 0.1) is 5.92 Å². The Balaban J connectivity index is 1.35. The van der Waals surface area contributed by atoms with Gasteiger partial charge in [-0.15, -0.1) is 11.3 Å². The van der Waals surface area contributed by atoms with E-state index in [9.17, 15) is 14.4 Å². The van der Waals surface area contributed by atoms with Crippen molar-refractivity contribution in [3.8, 4) is 27.4 Å². The van der Waals surface area contributed by atoms with Crippen LogP contribution in [0.15, 0.2) is 76.9 Å². The highest BCUT2D eigenvalue weighted by molar-refractivity contribution is 7.13. The number of ether oxygens (including phenoxy) is 3. The normalized spacial score (nSPS) is 12.8. The Kier molecular flexibility index (Phi) is 10.7. The van der Waals surface area contributed by atoms with E-state index in [4.69, 9.17) is 14.2 Å². The van der Waals surface area contributed by atoms with E-state index in [1.165, 1.54) is 11.3 Å². The van der Waals surface area contributed by atoms with Gasteiger partial charge in [-0.2, -0.15) is 0 Å². The molecule has 0 bridgehead atoms. The number of aromatic nitrogens is 2. The number of fused-ring (bicyclic) bond motifs is 4. The highest BCUT2D eigenvalue weighted by Crippen LogP contribution is 2.44. The minimum atomic E-state index is -0.628. The molecule has 260 valence electrons. The van der Waals surface area contributed by atoms with Crippen LogP contribution >= 0.6 is 11.3 Å². The second-order valence-corrected chi connectivity index (χ2v) is 13.8. The summed E-state index contributed by atoms with van der Waals surface area (Å²) < 4.78 is 19.3. The van der Waals surface area contributed by atoms with Crippen molar-refractivity contribution in [2.45, 2.75) is 66.0 Å². The van der Waals surface area contributed by atoms with Crippen LogP contribution in [-0.2, 0) is 16.0 Å². The van der Waals surface area contributed by atoms with E-state index in [1.54, 1.807) is 22.9 Å². The summed E-state index contributed by atoms with van der Waals surface area (Å²) in [6.45, 7) is 11.1. The smallest absolute Gasteiger partial charge is 0.407 e.